The molecular weight excluding hydrogens is 372 g/mol. The molecule has 8 nitrogen and oxygen atoms in total. The van der Waals surface area contributed by atoms with E-state index in [2.05, 4.69) is 5.32 Å². The molecule has 1 heterocycles. The third-order valence-corrected chi connectivity index (χ3v) is 6.05. The Labute approximate surface area is 150 Å². The molecule has 25 heavy (non-hydrogen) atoms. The van der Waals surface area contributed by atoms with Crippen LogP contribution in [-0.4, -0.2) is 51.1 Å². The summed E-state index contributed by atoms with van der Waals surface area (Å²) in [6.45, 7) is 1.08. The van der Waals surface area contributed by atoms with Gasteiger partial charge in [0.2, 0.25) is 0 Å². The molecule has 1 aliphatic heterocycles. The number of hydrogen-bond acceptors (Lipinski definition) is 7. The topological polar surface area (TPSA) is 125 Å². The van der Waals surface area contributed by atoms with E-state index in [1.807, 2.05) is 0 Å². The maximum absolute atomic E-state index is 12.1. The van der Waals surface area contributed by atoms with Crippen molar-refractivity contribution >= 4 is 39.0 Å². The van der Waals surface area contributed by atoms with Gasteiger partial charge >= 0.3 is 5.97 Å². The minimum absolute atomic E-state index is 0.0186. The molecule has 1 amide bonds. The number of nitrogens with two attached hydrogens (primary N) is 1. The third kappa shape index (κ3) is 4.76. The Morgan fingerprint density at radius 2 is 2.08 bits per heavy atom. The van der Waals surface area contributed by atoms with Gasteiger partial charge in [-0.3, -0.25) is 4.79 Å². The fourth-order valence-electron chi connectivity index (χ4n) is 2.59. The lowest BCUT2D eigenvalue weighted by atomic mass is 10.0. The smallest absolute Gasteiger partial charge is 0.342 e. The van der Waals surface area contributed by atoms with Crippen molar-refractivity contribution in [3.63, 3.8) is 0 Å². The SMILES string of the molecule is COc1cc(N)c(Cl)cc1C(=O)OCC(=O)N[C@@]1(C)CCS(=O)(=O)C1. The molecule has 0 aliphatic carbocycles. The highest BCUT2D eigenvalue weighted by molar-refractivity contribution is 7.91. The van der Waals surface area contributed by atoms with Crippen LogP contribution in [-0.2, 0) is 19.4 Å². The van der Waals surface area contributed by atoms with Gasteiger partial charge in [-0.1, -0.05) is 11.6 Å². The van der Waals surface area contributed by atoms with Crippen molar-refractivity contribution in [3.8, 4) is 5.75 Å². The van der Waals surface area contributed by atoms with Crippen LogP contribution in [0.3, 0.4) is 0 Å². The van der Waals surface area contributed by atoms with Crippen molar-refractivity contribution in [2.24, 2.45) is 0 Å². The Bertz CT molecular complexity index is 810. The van der Waals surface area contributed by atoms with Crippen molar-refractivity contribution in [2.45, 2.75) is 18.9 Å². The van der Waals surface area contributed by atoms with Crippen LogP contribution in [0.1, 0.15) is 23.7 Å². The average molecular weight is 391 g/mol. The minimum atomic E-state index is -3.16. The molecule has 1 saturated heterocycles. The first kappa shape index (κ1) is 19.3. The number of anilines is 1. The predicted octanol–water partition coefficient (Wildman–Crippen LogP) is 0.781. The number of halogens is 1. The molecule has 2 rings (SSSR count). The van der Waals surface area contributed by atoms with E-state index in [1.54, 1.807) is 6.92 Å². The summed E-state index contributed by atoms with van der Waals surface area (Å²) < 4.78 is 33.1. The number of benzene rings is 1. The molecule has 10 heteroatoms. The van der Waals surface area contributed by atoms with Gasteiger partial charge in [0, 0.05) is 6.07 Å². The van der Waals surface area contributed by atoms with E-state index in [9.17, 15) is 18.0 Å². The quantitative estimate of drug-likeness (QED) is 0.562. The van der Waals surface area contributed by atoms with E-state index in [0.717, 1.165) is 0 Å². The number of nitrogen functional groups attached to an aromatic ring is 1. The number of nitrogens with one attached hydrogen (secondary N) is 1. The Balaban J connectivity index is 1.98. The number of sulfone groups is 1. The number of methoxy groups -OCH3 is 1. The second-order valence-corrected chi connectivity index (χ2v) is 8.69. The lowest BCUT2D eigenvalue weighted by Gasteiger charge is -2.23. The maximum atomic E-state index is 12.1. The van der Waals surface area contributed by atoms with Gasteiger partial charge in [-0.2, -0.15) is 0 Å². The highest BCUT2D eigenvalue weighted by Crippen LogP contribution is 2.29. The van der Waals surface area contributed by atoms with E-state index < -0.39 is 33.9 Å². The van der Waals surface area contributed by atoms with Gasteiger partial charge in [-0.15, -0.1) is 0 Å². The Kier molecular flexibility index (Phi) is 5.48. The number of amides is 1. The van der Waals surface area contributed by atoms with Gasteiger partial charge in [-0.25, -0.2) is 13.2 Å². The summed E-state index contributed by atoms with van der Waals surface area (Å²) in [5, 5.41) is 2.75. The first-order chi connectivity index (χ1) is 11.6. The molecule has 138 valence electrons. The van der Waals surface area contributed by atoms with E-state index in [1.165, 1.54) is 19.2 Å². The van der Waals surface area contributed by atoms with Crippen LogP contribution >= 0.6 is 11.6 Å². The third-order valence-electron chi connectivity index (χ3n) is 3.82. The first-order valence-electron chi connectivity index (χ1n) is 7.37. The summed E-state index contributed by atoms with van der Waals surface area (Å²) in [4.78, 5) is 24.1. The maximum Gasteiger partial charge on any atom is 0.342 e. The molecule has 0 unspecified atom stereocenters. The Morgan fingerprint density at radius 1 is 1.40 bits per heavy atom. The zero-order chi connectivity index (χ0) is 18.8. The van der Waals surface area contributed by atoms with Crippen LogP contribution in [0.25, 0.3) is 0 Å². The van der Waals surface area contributed by atoms with Crippen LogP contribution in [0, 0.1) is 0 Å². The zero-order valence-corrected chi connectivity index (χ0v) is 15.4. The van der Waals surface area contributed by atoms with Crippen molar-refractivity contribution in [2.75, 3.05) is 31.0 Å². The fourth-order valence-corrected chi connectivity index (χ4v) is 4.84. The van der Waals surface area contributed by atoms with Crippen LogP contribution < -0.4 is 15.8 Å². The first-order valence-corrected chi connectivity index (χ1v) is 9.57. The number of rotatable bonds is 5. The highest BCUT2D eigenvalue weighted by atomic mass is 35.5. The summed E-state index contributed by atoms with van der Waals surface area (Å²) in [6.07, 6.45) is 0.316. The summed E-state index contributed by atoms with van der Waals surface area (Å²) in [5.41, 5.74) is 5.05. The Morgan fingerprint density at radius 3 is 2.64 bits per heavy atom. The van der Waals surface area contributed by atoms with Gasteiger partial charge in [-0.05, 0) is 19.4 Å². The monoisotopic (exact) mass is 390 g/mol. The lowest BCUT2D eigenvalue weighted by Crippen LogP contribution is -2.48. The normalized spacial score (nSPS) is 21.6. The van der Waals surface area contributed by atoms with E-state index in [4.69, 9.17) is 26.8 Å². The molecule has 0 saturated carbocycles. The zero-order valence-electron chi connectivity index (χ0n) is 13.8. The summed E-state index contributed by atoms with van der Waals surface area (Å²) in [5.74, 6) is -1.35. The van der Waals surface area contributed by atoms with Gasteiger partial charge < -0.3 is 20.5 Å². The second-order valence-electron chi connectivity index (χ2n) is 6.10. The Hall–Kier alpha value is -2.00. The predicted molar refractivity (Wildman–Crippen MR) is 92.5 cm³/mol. The minimum Gasteiger partial charge on any atom is -0.496 e. The highest BCUT2D eigenvalue weighted by Gasteiger charge is 2.39. The fraction of sp³-hybridized carbons (Fsp3) is 0.467. The number of carbonyl (C=O) groups excluding carboxylic acids is 2. The number of esters is 1. The summed E-state index contributed by atoms with van der Waals surface area (Å²) in [6, 6.07) is 2.67. The molecule has 0 aromatic heterocycles. The van der Waals surface area contributed by atoms with Gasteiger partial charge in [0.05, 0.1) is 34.9 Å². The molecule has 0 spiro atoms. The van der Waals surface area contributed by atoms with Crippen LogP contribution in [0.5, 0.6) is 5.75 Å². The molecule has 1 atom stereocenters. The van der Waals surface area contributed by atoms with Crippen LogP contribution in [0.15, 0.2) is 12.1 Å². The number of carbonyl (C=O) groups is 2. The molecule has 0 bridgehead atoms. The van der Waals surface area contributed by atoms with Gasteiger partial charge in [0.1, 0.15) is 11.3 Å². The molecule has 1 fully saturated rings. The molecule has 1 aromatic rings. The lowest BCUT2D eigenvalue weighted by molar-refractivity contribution is -0.125. The molecule has 0 radical (unpaired) electrons. The van der Waals surface area contributed by atoms with Crippen LogP contribution in [0.2, 0.25) is 5.02 Å². The van der Waals surface area contributed by atoms with Gasteiger partial charge in [0.25, 0.3) is 5.91 Å². The van der Waals surface area contributed by atoms with Gasteiger partial charge in [0.15, 0.2) is 16.4 Å². The number of ether oxygens (including phenoxy) is 2. The van der Waals surface area contributed by atoms with Crippen molar-refractivity contribution in [3.05, 3.63) is 22.7 Å². The second kappa shape index (κ2) is 7.09. The molecule has 1 aliphatic rings. The standard InChI is InChI=1S/C15H19ClN2O6S/c1-15(3-4-25(21,22)8-15)18-13(19)7-24-14(20)9-5-10(16)11(17)6-12(9)23-2/h5-6H,3-4,7-8,17H2,1-2H3,(H,18,19)/t15-/m0/s1. The van der Waals surface area contributed by atoms with Crippen LogP contribution in [0.4, 0.5) is 5.69 Å². The average Bonchev–Trinajstić information content (AvgIpc) is 2.80. The van der Waals surface area contributed by atoms with E-state index in [-0.39, 0.29) is 33.5 Å². The van der Waals surface area contributed by atoms with E-state index >= 15 is 0 Å². The molecular formula is C15H19ClN2O6S. The van der Waals surface area contributed by atoms with E-state index in [0.29, 0.717) is 6.42 Å². The van der Waals surface area contributed by atoms with Crippen molar-refractivity contribution < 1.29 is 27.5 Å². The van der Waals surface area contributed by atoms with Crippen molar-refractivity contribution in [1.82, 2.24) is 5.32 Å². The summed E-state index contributed by atoms with van der Waals surface area (Å²) in [7, 11) is -1.80. The number of hydrogen-bond donors (Lipinski definition) is 2. The van der Waals surface area contributed by atoms with Crippen molar-refractivity contribution in [1.29, 1.82) is 0 Å². The largest absolute Gasteiger partial charge is 0.496 e. The molecule has 3 N–H and O–H groups in total. The molecule has 1 aromatic carbocycles. The summed E-state index contributed by atoms with van der Waals surface area (Å²) >= 11 is 5.88.